The van der Waals surface area contributed by atoms with Crippen molar-refractivity contribution in [2.24, 2.45) is 0 Å². The van der Waals surface area contributed by atoms with Gasteiger partial charge in [-0.25, -0.2) is 9.13 Å². The molecule has 1 aliphatic heterocycles. The van der Waals surface area contributed by atoms with Gasteiger partial charge in [0.05, 0.1) is 6.54 Å². The number of nitrogens with zero attached hydrogens (tertiary/aromatic N) is 3. The summed E-state index contributed by atoms with van der Waals surface area (Å²) in [5.74, 6) is 0.795. The SMILES string of the molecule is CC(=O)C[n+]1c(N)n(CCN2CCCCC2)c2ccccc21. The fourth-order valence-electron chi connectivity index (χ4n) is 3.36. The van der Waals surface area contributed by atoms with Gasteiger partial charge in [0.15, 0.2) is 5.78 Å². The van der Waals surface area contributed by atoms with Crippen LogP contribution in [-0.2, 0) is 17.9 Å². The van der Waals surface area contributed by atoms with E-state index in [-0.39, 0.29) is 5.78 Å². The summed E-state index contributed by atoms with van der Waals surface area (Å²) < 4.78 is 4.07. The van der Waals surface area contributed by atoms with Gasteiger partial charge in [0.2, 0.25) is 0 Å². The van der Waals surface area contributed by atoms with Gasteiger partial charge in [-0.15, -0.1) is 0 Å². The summed E-state index contributed by atoms with van der Waals surface area (Å²) >= 11 is 0. The largest absolute Gasteiger partial charge is 0.356 e. The fourth-order valence-corrected chi connectivity index (χ4v) is 3.36. The lowest BCUT2D eigenvalue weighted by Gasteiger charge is -2.25. The molecule has 0 amide bonds. The molecule has 5 nitrogen and oxygen atoms in total. The number of anilines is 1. The molecular weight excluding hydrogens is 276 g/mol. The maximum absolute atomic E-state index is 11.5. The first-order valence-corrected chi connectivity index (χ1v) is 8.15. The molecule has 3 rings (SSSR count). The quantitative estimate of drug-likeness (QED) is 0.853. The minimum absolute atomic E-state index is 0.121. The lowest BCUT2D eigenvalue weighted by atomic mass is 10.1. The molecule has 0 unspecified atom stereocenters. The third kappa shape index (κ3) is 2.99. The van der Waals surface area contributed by atoms with Gasteiger partial charge in [0.25, 0.3) is 0 Å². The highest BCUT2D eigenvalue weighted by Gasteiger charge is 2.22. The molecule has 1 aliphatic rings. The molecule has 2 N–H and O–H groups in total. The first kappa shape index (κ1) is 15.0. The molecule has 2 heterocycles. The summed E-state index contributed by atoms with van der Waals surface area (Å²) in [5.41, 5.74) is 8.48. The lowest BCUT2D eigenvalue weighted by molar-refractivity contribution is -0.644. The summed E-state index contributed by atoms with van der Waals surface area (Å²) in [4.78, 5) is 14.0. The van der Waals surface area contributed by atoms with Crippen molar-refractivity contribution in [1.29, 1.82) is 0 Å². The van der Waals surface area contributed by atoms with E-state index in [0.717, 1.165) is 24.1 Å². The Labute approximate surface area is 131 Å². The van der Waals surface area contributed by atoms with Gasteiger partial charge >= 0.3 is 5.95 Å². The Morgan fingerprint density at radius 1 is 1.18 bits per heavy atom. The van der Waals surface area contributed by atoms with E-state index in [0.29, 0.717) is 12.5 Å². The Kier molecular flexibility index (Phi) is 4.43. The topological polar surface area (TPSA) is 55.1 Å². The smallest absolute Gasteiger partial charge is 0.300 e. The number of imidazole rings is 1. The third-order valence-electron chi connectivity index (χ3n) is 4.49. The number of para-hydroxylation sites is 2. The first-order chi connectivity index (χ1) is 10.7. The van der Waals surface area contributed by atoms with Crippen molar-refractivity contribution in [3.05, 3.63) is 24.3 Å². The fraction of sp³-hybridized carbons (Fsp3) is 0.529. The van der Waals surface area contributed by atoms with Crippen molar-refractivity contribution >= 4 is 22.8 Å². The van der Waals surface area contributed by atoms with Crippen LogP contribution in [0.1, 0.15) is 26.2 Å². The van der Waals surface area contributed by atoms with Crippen LogP contribution in [0.4, 0.5) is 5.95 Å². The zero-order chi connectivity index (χ0) is 15.5. The van der Waals surface area contributed by atoms with Gasteiger partial charge in [-0.05, 0) is 45.0 Å². The zero-order valence-corrected chi connectivity index (χ0v) is 13.3. The number of Topliss-reactive ketones (excluding diaryl/α,β-unsaturated/α-hetero) is 1. The van der Waals surface area contributed by atoms with Crippen molar-refractivity contribution in [1.82, 2.24) is 9.47 Å². The number of hydrogen-bond acceptors (Lipinski definition) is 3. The molecule has 0 saturated carbocycles. The van der Waals surface area contributed by atoms with Gasteiger partial charge in [-0.2, -0.15) is 0 Å². The number of fused-ring (bicyclic) bond motifs is 1. The number of ketones is 1. The normalized spacial score (nSPS) is 16.2. The van der Waals surface area contributed by atoms with Crippen LogP contribution in [0.5, 0.6) is 0 Å². The molecule has 1 aromatic carbocycles. The molecule has 1 fully saturated rings. The van der Waals surface area contributed by atoms with Crippen LogP contribution in [0.3, 0.4) is 0 Å². The number of carbonyl (C=O) groups is 1. The van der Waals surface area contributed by atoms with Crippen molar-refractivity contribution in [2.45, 2.75) is 39.3 Å². The summed E-state index contributed by atoms with van der Waals surface area (Å²) in [6.07, 6.45) is 3.95. The van der Waals surface area contributed by atoms with Crippen LogP contribution in [0.25, 0.3) is 11.0 Å². The predicted molar refractivity (Wildman–Crippen MR) is 87.5 cm³/mol. The highest BCUT2D eigenvalue weighted by atomic mass is 16.1. The number of likely N-dealkylation sites (tertiary alicyclic amines) is 1. The van der Waals surface area contributed by atoms with Gasteiger partial charge in [0.1, 0.15) is 17.6 Å². The third-order valence-corrected chi connectivity index (χ3v) is 4.49. The molecule has 0 atom stereocenters. The molecule has 5 heteroatoms. The van der Waals surface area contributed by atoms with Crippen molar-refractivity contribution in [3.63, 3.8) is 0 Å². The van der Waals surface area contributed by atoms with Crippen molar-refractivity contribution in [2.75, 3.05) is 25.4 Å². The second-order valence-electron chi connectivity index (χ2n) is 6.19. The zero-order valence-electron chi connectivity index (χ0n) is 13.3. The van der Waals surface area contributed by atoms with Crippen molar-refractivity contribution in [3.8, 4) is 0 Å². The monoisotopic (exact) mass is 301 g/mol. The molecule has 2 aromatic rings. The minimum Gasteiger partial charge on any atom is -0.300 e. The van der Waals surface area contributed by atoms with Crippen LogP contribution < -0.4 is 10.3 Å². The van der Waals surface area contributed by atoms with Crippen molar-refractivity contribution < 1.29 is 9.36 Å². The molecule has 0 aliphatic carbocycles. The minimum atomic E-state index is 0.121. The van der Waals surface area contributed by atoms with E-state index >= 15 is 0 Å². The van der Waals surface area contributed by atoms with Gasteiger partial charge < -0.3 is 4.90 Å². The number of rotatable bonds is 5. The second kappa shape index (κ2) is 6.48. The standard InChI is InChI=1S/C17H24N4O/c1-14(22)13-21-16-8-4-3-7-15(16)20(17(21)18)12-11-19-9-5-2-6-10-19/h3-4,7-8,18H,2,5-6,9-13H2,1H3/p+1. The maximum atomic E-state index is 11.5. The Morgan fingerprint density at radius 2 is 1.91 bits per heavy atom. The predicted octanol–water partition coefficient (Wildman–Crippen LogP) is 1.59. The number of aromatic nitrogens is 2. The average Bonchev–Trinajstić information content (AvgIpc) is 2.78. The van der Waals surface area contributed by atoms with Gasteiger partial charge in [-0.3, -0.25) is 10.5 Å². The van der Waals surface area contributed by atoms with E-state index in [1.165, 1.54) is 32.4 Å². The summed E-state index contributed by atoms with van der Waals surface area (Å²) in [6, 6.07) is 8.13. The van der Waals surface area contributed by atoms with E-state index in [1.807, 2.05) is 22.8 Å². The molecule has 0 radical (unpaired) electrons. The molecule has 0 bridgehead atoms. The van der Waals surface area contributed by atoms with E-state index in [9.17, 15) is 4.79 Å². The Bertz CT molecular complexity index is 671. The highest BCUT2D eigenvalue weighted by molar-refractivity contribution is 5.77. The number of carbonyl (C=O) groups excluding carboxylic acids is 1. The van der Waals surface area contributed by atoms with Crippen LogP contribution in [0.2, 0.25) is 0 Å². The van der Waals surface area contributed by atoms with Crippen LogP contribution in [0, 0.1) is 0 Å². The molecular formula is C17H25N4O+. The summed E-state index contributed by atoms with van der Waals surface area (Å²) in [6.45, 7) is 6.20. The lowest BCUT2D eigenvalue weighted by Crippen LogP contribution is -2.40. The van der Waals surface area contributed by atoms with Crippen LogP contribution in [0.15, 0.2) is 24.3 Å². The number of nitrogen functional groups attached to an aromatic ring is 1. The van der Waals surface area contributed by atoms with E-state index in [1.54, 1.807) is 6.92 Å². The number of nitrogens with two attached hydrogens (primary N) is 1. The molecule has 1 aromatic heterocycles. The summed E-state index contributed by atoms with van der Waals surface area (Å²) in [5, 5.41) is 0. The molecule has 1 saturated heterocycles. The van der Waals surface area contributed by atoms with E-state index < -0.39 is 0 Å². The number of benzene rings is 1. The molecule has 0 spiro atoms. The Balaban J connectivity index is 1.87. The van der Waals surface area contributed by atoms with Crippen LogP contribution in [-0.4, -0.2) is 34.9 Å². The second-order valence-corrected chi connectivity index (χ2v) is 6.19. The Morgan fingerprint density at radius 3 is 2.64 bits per heavy atom. The van der Waals surface area contributed by atoms with E-state index in [2.05, 4.69) is 15.5 Å². The maximum Gasteiger partial charge on any atom is 0.356 e. The summed E-state index contributed by atoms with van der Waals surface area (Å²) in [7, 11) is 0. The number of piperidine rings is 1. The molecule has 22 heavy (non-hydrogen) atoms. The van der Waals surface area contributed by atoms with Gasteiger partial charge in [-0.1, -0.05) is 18.6 Å². The number of hydrogen-bond donors (Lipinski definition) is 1. The Hall–Kier alpha value is -1.88. The first-order valence-electron chi connectivity index (χ1n) is 8.15. The highest BCUT2D eigenvalue weighted by Crippen LogP contribution is 2.17. The van der Waals surface area contributed by atoms with E-state index in [4.69, 9.17) is 5.73 Å². The molecule has 118 valence electrons. The van der Waals surface area contributed by atoms with Crippen LogP contribution >= 0.6 is 0 Å². The average molecular weight is 301 g/mol. The van der Waals surface area contributed by atoms with Gasteiger partial charge in [0, 0.05) is 6.54 Å².